The van der Waals surface area contributed by atoms with Crippen LogP contribution in [0.1, 0.15) is 6.42 Å². The van der Waals surface area contributed by atoms with E-state index in [4.69, 9.17) is 5.73 Å². The summed E-state index contributed by atoms with van der Waals surface area (Å²) in [6.07, 6.45) is 3.31. The molecule has 0 saturated carbocycles. The summed E-state index contributed by atoms with van der Waals surface area (Å²) in [5.41, 5.74) is 5.96. The third kappa shape index (κ3) is 3.99. The van der Waals surface area contributed by atoms with Gasteiger partial charge in [0.1, 0.15) is 6.54 Å². The first kappa shape index (κ1) is 12.0. The Hall–Kier alpha value is -2.05. The lowest BCUT2D eigenvalue weighted by molar-refractivity contribution is -0.122. The van der Waals surface area contributed by atoms with Crippen molar-refractivity contribution in [2.45, 2.75) is 13.0 Å². The Morgan fingerprint density at radius 2 is 2.25 bits per heavy atom. The third-order valence-corrected chi connectivity index (χ3v) is 1.91. The Morgan fingerprint density at radius 1 is 1.50 bits per heavy atom. The van der Waals surface area contributed by atoms with Gasteiger partial charge in [-0.3, -0.25) is 14.3 Å². The van der Waals surface area contributed by atoms with Gasteiger partial charge in [0.15, 0.2) is 0 Å². The second-order valence-electron chi connectivity index (χ2n) is 3.24. The standard InChI is InChI=1S/C9H15N5O2/c1-11-8(15)2-3-12-9(16)6-14-5-7(10)4-13-14/h4-5H,2-3,6,10H2,1H3,(H,11,15)(H,12,16). The molecule has 1 rings (SSSR count). The second kappa shape index (κ2) is 5.74. The van der Waals surface area contributed by atoms with Crippen molar-refractivity contribution in [1.82, 2.24) is 20.4 Å². The minimum Gasteiger partial charge on any atom is -0.396 e. The van der Waals surface area contributed by atoms with Gasteiger partial charge in [0.25, 0.3) is 0 Å². The van der Waals surface area contributed by atoms with Gasteiger partial charge in [0, 0.05) is 26.2 Å². The summed E-state index contributed by atoms with van der Waals surface area (Å²) in [5.74, 6) is -0.310. The van der Waals surface area contributed by atoms with Gasteiger partial charge >= 0.3 is 0 Å². The van der Waals surface area contributed by atoms with Crippen LogP contribution >= 0.6 is 0 Å². The molecule has 16 heavy (non-hydrogen) atoms. The zero-order chi connectivity index (χ0) is 12.0. The summed E-state index contributed by atoms with van der Waals surface area (Å²) in [4.78, 5) is 22.2. The average Bonchev–Trinajstić information content (AvgIpc) is 2.63. The number of carbonyl (C=O) groups excluding carboxylic acids is 2. The van der Waals surface area contributed by atoms with E-state index in [1.54, 1.807) is 13.2 Å². The molecule has 88 valence electrons. The molecule has 0 unspecified atom stereocenters. The maximum atomic E-state index is 11.3. The van der Waals surface area contributed by atoms with Crippen molar-refractivity contribution in [3.63, 3.8) is 0 Å². The van der Waals surface area contributed by atoms with Crippen molar-refractivity contribution in [3.05, 3.63) is 12.4 Å². The molecule has 7 heteroatoms. The molecular weight excluding hydrogens is 210 g/mol. The second-order valence-corrected chi connectivity index (χ2v) is 3.24. The minimum absolute atomic E-state index is 0.102. The van der Waals surface area contributed by atoms with E-state index >= 15 is 0 Å². The highest BCUT2D eigenvalue weighted by Crippen LogP contribution is 1.96. The summed E-state index contributed by atoms with van der Waals surface area (Å²) >= 11 is 0. The number of amides is 2. The van der Waals surface area contributed by atoms with Gasteiger partial charge in [-0.2, -0.15) is 5.10 Å². The molecule has 4 N–H and O–H groups in total. The first-order valence-corrected chi connectivity index (χ1v) is 4.87. The third-order valence-electron chi connectivity index (χ3n) is 1.91. The predicted molar refractivity (Wildman–Crippen MR) is 58.3 cm³/mol. The van der Waals surface area contributed by atoms with Gasteiger partial charge < -0.3 is 16.4 Å². The highest BCUT2D eigenvalue weighted by molar-refractivity contribution is 5.78. The Bertz CT molecular complexity index is 374. The molecule has 0 aliphatic rings. The lowest BCUT2D eigenvalue weighted by Crippen LogP contribution is -2.31. The quantitative estimate of drug-likeness (QED) is 0.580. The maximum Gasteiger partial charge on any atom is 0.241 e. The highest BCUT2D eigenvalue weighted by atomic mass is 16.2. The molecule has 1 aromatic heterocycles. The van der Waals surface area contributed by atoms with E-state index in [1.165, 1.54) is 10.9 Å². The Labute approximate surface area is 93.0 Å². The monoisotopic (exact) mass is 225 g/mol. The number of hydrogen-bond donors (Lipinski definition) is 3. The number of rotatable bonds is 5. The highest BCUT2D eigenvalue weighted by Gasteiger charge is 2.04. The Balaban J connectivity index is 2.23. The summed E-state index contributed by atoms with van der Waals surface area (Å²) in [7, 11) is 1.55. The number of hydrogen-bond acceptors (Lipinski definition) is 4. The van der Waals surface area contributed by atoms with Gasteiger partial charge in [-0.1, -0.05) is 0 Å². The lowest BCUT2D eigenvalue weighted by atomic mass is 10.4. The van der Waals surface area contributed by atoms with Crippen LogP contribution in [0.15, 0.2) is 12.4 Å². The lowest BCUT2D eigenvalue weighted by Gasteiger charge is -2.04. The van der Waals surface area contributed by atoms with Gasteiger partial charge in [-0.15, -0.1) is 0 Å². The smallest absolute Gasteiger partial charge is 0.241 e. The van der Waals surface area contributed by atoms with E-state index in [0.717, 1.165) is 0 Å². The average molecular weight is 225 g/mol. The number of nitrogens with two attached hydrogens (primary N) is 1. The van der Waals surface area contributed by atoms with Crippen molar-refractivity contribution in [2.75, 3.05) is 19.3 Å². The Kier molecular flexibility index (Phi) is 4.31. The predicted octanol–water partition coefficient (Wildman–Crippen LogP) is -1.28. The van der Waals surface area contributed by atoms with E-state index in [-0.39, 0.29) is 24.8 Å². The number of nitrogens with zero attached hydrogens (tertiary/aromatic N) is 2. The largest absolute Gasteiger partial charge is 0.396 e. The fourth-order valence-corrected chi connectivity index (χ4v) is 1.11. The topological polar surface area (TPSA) is 102 Å². The maximum absolute atomic E-state index is 11.3. The molecule has 0 spiro atoms. The number of aromatic nitrogens is 2. The molecule has 2 amide bonds. The molecular formula is C9H15N5O2. The fraction of sp³-hybridized carbons (Fsp3) is 0.444. The Morgan fingerprint density at radius 3 is 2.81 bits per heavy atom. The molecule has 0 bridgehead atoms. The number of nitrogen functional groups attached to an aromatic ring is 1. The first-order chi connectivity index (χ1) is 7.61. The first-order valence-electron chi connectivity index (χ1n) is 4.87. The normalized spacial score (nSPS) is 9.81. The van der Waals surface area contributed by atoms with Crippen LogP contribution in [0.25, 0.3) is 0 Å². The van der Waals surface area contributed by atoms with E-state index in [1.807, 2.05) is 0 Å². The SMILES string of the molecule is CNC(=O)CCNC(=O)Cn1cc(N)cn1. The molecule has 0 radical (unpaired) electrons. The number of nitrogens with one attached hydrogen (secondary N) is 2. The van der Waals surface area contributed by atoms with Crippen molar-refractivity contribution >= 4 is 17.5 Å². The minimum atomic E-state index is -0.202. The summed E-state index contributed by atoms with van der Waals surface area (Å²) in [5, 5.41) is 8.94. The zero-order valence-electron chi connectivity index (χ0n) is 9.06. The van der Waals surface area contributed by atoms with Gasteiger partial charge in [-0.25, -0.2) is 0 Å². The number of carbonyl (C=O) groups is 2. The molecule has 1 aromatic rings. The fourth-order valence-electron chi connectivity index (χ4n) is 1.11. The van der Waals surface area contributed by atoms with Crippen LogP contribution in [0.4, 0.5) is 5.69 Å². The zero-order valence-corrected chi connectivity index (χ0v) is 9.06. The van der Waals surface area contributed by atoms with Crippen LogP contribution in [0.3, 0.4) is 0 Å². The summed E-state index contributed by atoms with van der Waals surface area (Å²) in [6.45, 7) is 0.417. The molecule has 0 fully saturated rings. The molecule has 0 aromatic carbocycles. The molecule has 0 aliphatic carbocycles. The van der Waals surface area contributed by atoms with Gasteiger partial charge in [-0.05, 0) is 0 Å². The molecule has 1 heterocycles. The number of anilines is 1. The van der Waals surface area contributed by atoms with Crippen LogP contribution in [0.2, 0.25) is 0 Å². The van der Waals surface area contributed by atoms with E-state index < -0.39 is 0 Å². The van der Waals surface area contributed by atoms with Crippen LogP contribution in [0, 0.1) is 0 Å². The van der Waals surface area contributed by atoms with Crippen molar-refractivity contribution in [3.8, 4) is 0 Å². The van der Waals surface area contributed by atoms with Crippen LogP contribution in [-0.2, 0) is 16.1 Å². The van der Waals surface area contributed by atoms with E-state index in [0.29, 0.717) is 12.2 Å². The van der Waals surface area contributed by atoms with Gasteiger partial charge in [0.2, 0.25) is 11.8 Å². The van der Waals surface area contributed by atoms with E-state index in [2.05, 4.69) is 15.7 Å². The van der Waals surface area contributed by atoms with Gasteiger partial charge in [0.05, 0.1) is 11.9 Å². The van der Waals surface area contributed by atoms with Crippen molar-refractivity contribution < 1.29 is 9.59 Å². The summed E-state index contributed by atoms with van der Waals surface area (Å²) < 4.78 is 1.44. The summed E-state index contributed by atoms with van der Waals surface area (Å²) in [6, 6.07) is 0. The van der Waals surface area contributed by atoms with E-state index in [9.17, 15) is 9.59 Å². The van der Waals surface area contributed by atoms with Crippen LogP contribution < -0.4 is 16.4 Å². The van der Waals surface area contributed by atoms with Crippen LogP contribution in [-0.4, -0.2) is 35.2 Å². The van der Waals surface area contributed by atoms with Crippen molar-refractivity contribution in [1.29, 1.82) is 0 Å². The van der Waals surface area contributed by atoms with Crippen molar-refractivity contribution in [2.24, 2.45) is 0 Å². The molecule has 0 atom stereocenters. The molecule has 0 aliphatic heterocycles. The van der Waals surface area contributed by atoms with Crippen LogP contribution in [0.5, 0.6) is 0 Å². The molecule has 7 nitrogen and oxygen atoms in total. The molecule has 0 saturated heterocycles.